The van der Waals surface area contributed by atoms with Crippen LogP contribution in [-0.4, -0.2) is 12.2 Å². The smallest absolute Gasteiger partial charge is 0.119 e. The van der Waals surface area contributed by atoms with Gasteiger partial charge in [0.15, 0.2) is 0 Å². The molecule has 2 aromatic rings. The number of hydrogen-bond donors (Lipinski definition) is 1. The first-order valence-electron chi connectivity index (χ1n) is 5.15. The topological polar surface area (TPSA) is 29.5 Å². The third-order valence-electron chi connectivity index (χ3n) is 2.60. The third kappa shape index (κ3) is 2.01. The van der Waals surface area contributed by atoms with Gasteiger partial charge in [-0.2, -0.15) is 0 Å². The van der Waals surface area contributed by atoms with Crippen molar-refractivity contribution in [2.24, 2.45) is 0 Å². The van der Waals surface area contributed by atoms with Crippen LogP contribution < -0.4 is 4.74 Å². The Morgan fingerprint density at radius 1 is 1.06 bits per heavy atom. The number of phenols is 1. The molecule has 2 rings (SSSR count). The highest BCUT2D eigenvalue weighted by atomic mass is 16.5. The van der Waals surface area contributed by atoms with E-state index in [0.717, 1.165) is 22.4 Å². The van der Waals surface area contributed by atoms with Gasteiger partial charge in [0.05, 0.1) is 7.11 Å². The summed E-state index contributed by atoms with van der Waals surface area (Å²) >= 11 is 0. The van der Waals surface area contributed by atoms with Gasteiger partial charge in [-0.3, -0.25) is 0 Å². The van der Waals surface area contributed by atoms with Crippen molar-refractivity contribution in [2.45, 2.75) is 6.92 Å². The quantitative estimate of drug-likeness (QED) is 0.830. The van der Waals surface area contributed by atoms with Crippen LogP contribution in [0.25, 0.3) is 11.1 Å². The van der Waals surface area contributed by atoms with Crippen molar-refractivity contribution in [3.63, 3.8) is 0 Å². The fraction of sp³-hybridized carbons (Fsp3) is 0.143. The van der Waals surface area contributed by atoms with Crippen molar-refractivity contribution in [1.82, 2.24) is 0 Å². The maximum absolute atomic E-state index is 9.46. The molecule has 0 radical (unpaired) electrons. The minimum atomic E-state index is 0.278. The SMILES string of the molecule is COc1ccc(C)c(-c2cccc(O)c2)c1. The van der Waals surface area contributed by atoms with E-state index in [1.54, 1.807) is 19.2 Å². The van der Waals surface area contributed by atoms with Crippen molar-refractivity contribution >= 4 is 0 Å². The Labute approximate surface area is 95.1 Å². The Hall–Kier alpha value is -1.96. The maximum atomic E-state index is 9.46. The first kappa shape index (κ1) is 10.6. The van der Waals surface area contributed by atoms with E-state index in [9.17, 15) is 5.11 Å². The van der Waals surface area contributed by atoms with E-state index < -0.39 is 0 Å². The number of phenolic OH excluding ortho intramolecular Hbond substituents is 1. The summed E-state index contributed by atoms with van der Waals surface area (Å²) in [7, 11) is 1.65. The van der Waals surface area contributed by atoms with Crippen LogP contribution in [0.5, 0.6) is 11.5 Å². The molecule has 0 saturated heterocycles. The van der Waals surface area contributed by atoms with Crippen molar-refractivity contribution in [1.29, 1.82) is 0 Å². The average molecular weight is 214 g/mol. The molecule has 2 heteroatoms. The monoisotopic (exact) mass is 214 g/mol. The maximum Gasteiger partial charge on any atom is 0.119 e. The van der Waals surface area contributed by atoms with Crippen LogP contribution in [0, 0.1) is 6.92 Å². The van der Waals surface area contributed by atoms with E-state index in [1.165, 1.54) is 0 Å². The number of rotatable bonds is 2. The van der Waals surface area contributed by atoms with Gasteiger partial charge in [-0.1, -0.05) is 18.2 Å². The molecule has 1 N–H and O–H groups in total. The van der Waals surface area contributed by atoms with Gasteiger partial charge >= 0.3 is 0 Å². The fourth-order valence-corrected chi connectivity index (χ4v) is 1.71. The lowest BCUT2D eigenvalue weighted by Gasteiger charge is -2.08. The summed E-state index contributed by atoms with van der Waals surface area (Å²) < 4.78 is 5.20. The van der Waals surface area contributed by atoms with E-state index in [1.807, 2.05) is 37.3 Å². The molecule has 0 bridgehead atoms. The van der Waals surface area contributed by atoms with Crippen LogP contribution in [0.3, 0.4) is 0 Å². The molecule has 0 unspecified atom stereocenters. The van der Waals surface area contributed by atoms with Gasteiger partial charge in [-0.05, 0) is 47.9 Å². The molecule has 2 aromatic carbocycles. The Kier molecular flexibility index (Phi) is 2.82. The van der Waals surface area contributed by atoms with Crippen molar-refractivity contribution in [2.75, 3.05) is 7.11 Å². The van der Waals surface area contributed by atoms with Crippen molar-refractivity contribution < 1.29 is 9.84 Å². The predicted octanol–water partition coefficient (Wildman–Crippen LogP) is 3.38. The van der Waals surface area contributed by atoms with E-state index in [2.05, 4.69) is 0 Å². The van der Waals surface area contributed by atoms with Crippen LogP contribution in [0.15, 0.2) is 42.5 Å². The Bertz CT molecular complexity index is 504. The standard InChI is InChI=1S/C14H14O2/c1-10-6-7-13(16-2)9-14(10)11-4-3-5-12(15)8-11/h3-9,15H,1-2H3. The molecule has 82 valence electrons. The van der Waals surface area contributed by atoms with Gasteiger partial charge in [0.1, 0.15) is 11.5 Å². The van der Waals surface area contributed by atoms with E-state index in [0.29, 0.717) is 0 Å². The number of aryl methyl sites for hydroxylation is 1. The molecule has 2 nitrogen and oxygen atoms in total. The summed E-state index contributed by atoms with van der Waals surface area (Å²) in [6.07, 6.45) is 0. The summed E-state index contributed by atoms with van der Waals surface area (Å²) in [6.45, 7) is 2.04. The highest BCUT2D eigenvalue weighted by Gasteiger charge is 2.04. The molecule has 0 fully saturated rings. The second kappa shape index (κ2) is 4.27. The van der Waals surface area contributed by atoms with Gasteiger partial charge in [-0.25, -0.2) is 0 Å². The summed E-state index contributed by atoms with van der Waals surface area (Å²) in [5.41, 5.74) is 3.23. The lowest BCUT2D eigenvalue weighted by molar-refractivity contribution is 0.415. The zero-order valence-electron chi connectivity index (χ0n) is 9.40. The molecule has 0 atom stereocenters. The molecular weight excluding hydrogens is 200 g/mol. The summed E-state index contributed by atoms with van der Waals surface area (Å²) in [5.74, 6) is 1.10. The largest absolute Gasteiger partial charge is 0.508 e. The summed E-state index contributed by atoms with van der Waals surface area (Å²) in [5, 5.41) is 9.46. The lowest BCUT2D eigenvalue weighted by atomic mass is 10.0. The first-order valence-corrected chi connectivity index (χ1v) is 5.15. The van der Waals surface area contributed by atoms with E-state index in [-0.39, 0.29) is 5.75 Å². The molecule has 0 heterocycles. The summed E-state index contributed by atoms with van der Waals surface area (Å²) in [4.78, 5) is 0. The Morgan fingerprint density at radius 3 is 2.56 bits per heavy atom. The second-order valence-electron chi connectivity index (χ2n) is 3.73. The third-order valence-corrected chi connectivity index (χ3v) is 2.60. The van der Waals surface area contributed by atoms with Gasteiger partial charge in [0.25, 0.3) is 0 Å². The predicted molar refractivity (Wildman–Crippen MR) is 64.8 cm³/mol. The Morgan fingerprint density at radius 2 is 1.88 bits per heavy atom. The van der Waals surface area contributed by atoms with Crippen LogP contribution in [0.4, 0.5) is 0 Å². The van der Waals surface area contributed by atoms with E-state index in [4.69, 9.17) is 4.74 Å². The number of ether oxygens (including phenoxy) is 1. The average Bonchev–Trinajstić information content (AvgIpc) is 2.30. The summed E-state index contributed by atoms with van der Waals surface area (Å²) in [6, 6.07) is 13.1. The second-order valence-corrected chi connectivity index (χ2v) is 3.73. The molecular formula is C14H14O2. The van der Waals surface area contributed by atoms with Crippen LogP contribution in [0.2, 0.25) is 0 Å². The zero-order valence-corrected chi connectivity index (χ0v) is 9.40. The molecule has 0 aliphatic rings. The highest BCUT2D eigenvalue weighted by Crippen LogP contribution is 2.29. The molecule has 16 heavy (non-hydrogen) atoms. The highest BCUT2D eigenvalue weighted by molar-refractivity contribution is 5.69. The molecule has 0 amide bonds. The van der Waals surface area contributed by atoms with Crippen LogP contribution in [-0.2, 0) is 0 Å². The molecule has 0 spiro atoms. The van der Waals surface area contributed by atoms with Crippen molar-refractivity contribution in [3.8, 4) is 22.6 Å². The number of methoxy groups -OCH3 is 1. The number of hydrogen-bond acceptors (Lipinski definition) is 2. The van der Waals surface area contributed by atoms with Gasteiger partial charge in [-0.15, -0.1) is 0 Å². The van der Waals surface area contributed by atoms with Crippen LogP contribution in [0.1, 0.15) is 5.56 Å². The molecule has 0 aliphatic heterocycles. The Balaban J connectivity index is 2.54. The lowest BCUT2D eigenvalue weighted by Crippen LogP contribution is -1.87. The normalized spacial score (nSPS) is 10.1. The van der Waals surface area contributed by atoms with Crippen molar-refractivity contribution in [3.05, 3.63) is 48.0 Å². The number of benzene rings is 2. The minimum absolute atomic E-state index is 0.278. The molecule has 0 saturated carbocycles. The molecule has 0 aliphatic carbocycles. The zero-order chi connectivity index (χ0) is 11.5. The van der Waals surface area contributed by atoms with Gasteiger partial charge in [0, 0.05) is 0 Å². The van der Waals surface area contributed by atoms with E-state index >= 15 is 0 Å². The molecule has 0 aromatic heterocycles. The fourth-order valence-electron chi connectivity index (χ4n) is 1.71. The van der Waals surface area contributed by atoms with Crippen LogP contribution >= 0.6 is 0 Å². The number of aromatic hydroxyl groups is 1. The first-order chi connectivity index (χ1) is 7.70. The minimum Gasteiger partial charge on any atom is -0.508 e. The van der Waals surface area contributed by atoms with Gasteiger partial charge in [0.2, 0.25) is 0 Å². The van der Waals surface area contributed by atoms with Gasteiger partial charge < -0.3 is 9.84 Å².